The molecular weight excluding hydrogens is 228 g/mol. The van der Waals surface area contributed by atoms with Crippen molar-refractivity contribution in [2.24, 2.45) is 5.92 Å². The summed E-state index contributed by atoms with van der Waals surface area (Å²) in [5.41, 5.74) is 0. The van der Waals surface area contributed by atoms with Crippen molar-refractivity contribution in [1.82, 2.24) is 10.2 Å². The number of fused-ring (bicyclic) bond motifs is 1. The smallest absolute Gasteiger partial charge is 0.324 e. The summed E-state index contributed by atoms with van der Waals surface area (Å²) in [6.45, 7) is 4.79. The molecule has 1 saturated carbocycles. The lowest BCUT2D eigenvalue weighted by molar-refractivity contribution is -0.144. The van der Waals surface area contributed by atoms with Crippen LogP contribution in [-0.2, 0) is 9.53 Å². The first-order chi connectivity index (χ1) is 8.76. The lowest BCUT2D eigenvalue weighted by atomic mass is 9.91. The second kappa shape index (κ2) is 6.53. The molecule has 0 aromatic heterocycles. The molecule has 1 N–H and O–H groups in total. The van der Waals surface area contributed by atoms with Crippen molar-refractivity contribution in [2.75, 3.05) is 26.7 Å². The van der Waals surface area contributed by atoms with Gasteiger partial charge in [-0.1, -0.05) is 13.3 Å². The highest BCUT2D eigenvalue weighted by Gasteiger charge is 2.36. The first kappa shape index (κ1) is 13.8. The van der Waals surface area contributed by atoms with Crippen molar-refractivity contribution in [3.63, 3.8) is 0 Å². The second-order valence-corrected chi connectivity index (χ2v) is 5.53. The lowest BCUT2D eigenvalue weighted by Gasteiger charge is -2.39. The van der Waals surface area contributed by atoms with Gasteiger partial charge in [0.25, 0.3) is 0 Å². The Morgan fingerprint density at radius 1 is 1.39 bits per heavy atom. The van der Waals surface area contributed by atoms with E-state index in [2.05, 4.69) is 10.2 Å². The lowest BCUT2D eigenvalue weighted by Crippen LogP contribution is -2.52. The summed E-state index contributed by atoms with van der Waals surface area (Å²) in [5, 5.41) is 3.24. The molecule has 0 spiro atoms. The van der Waals surface area contributed by atoms with E-state index in [-0.39, 0.29) is 12.0 Å². The minimum atomic E-state index is -0.167. The predicted molar refractivity (Wildman–Crippen MR) is 71.4 cm³/mol. The molecule has 0 radical (unpaired) electrons. The average molecular weight is 254 g/mol. The first-order valence-electron chi connectivity index (χ1n) is 7.31. The maximum Gasteiger partial charge on any atom is 0.324 e. The number of carbonyl (C=O) groups excluding carboxylic acids is 1. The van der Waals surface area contributed by atoms with E-state index < -0.39 is 0 Å². The van der Waals surface area contributed by atoms with Gasteiger partial charge < -0.3 is 10.1 Å². The number of ether oxygens (including phenoxy) is 1. The third-order valence-corrected chi connectivity index (χ3v) is 4.46. The summed E-state index contributed by atoms with van der Waals surface area (Å²) in [6, 6.07) is 0.545. The summed E-state index contributed by atoms with van der Waals surface area (Å²) < 4.78 is 4.89. The second-order valence-electron chi connectivity index (χ2n) is 5.53. The molecule has 2 rings (SSSR count). The highest BCUT2D eigenvalue weighted by atomic mass is 16.5. The van der Waals surface area contributed by atoms with Crippen LogP contribution in [0.5, 0.6) is 0 Å². The van der Waals surface area contributed by atoms with Gasteiger partial charge in [-0.05, 0) is 44.7 Å². The van der Waals surface area contributed by atoms with Crippen LogP contribution in [0.15, 0.2) is 0 Å². The zero-order chi connectivity index (χ0) is 13.0. The molecule has 0 bridgehead atoms. The van der Waals surface area contributed by atoms with Gasteiger partial charge in [0.2, 0.25) is 0 Å². The third-order valence-electron chi connectivity index (χ3n) is 4.46. The molecule has 3 atom stereocenters. The molecule has 1 heterocycles. The summed E-state index contributed by atoms with van der Waals surface area (Å²) in [7, 11) is 1.47. The maximum atomic E-state index is 11.8. The Morgan fingerprint density at radius 3 is 2.89 bits per heavy atom. The maximum absolute atomic E-state index is 11.8. The number of likely N-dealkylation sites (N-methyl/N-ethyl adjacent to an activating group) is 1. The summed E-state index contributed by atoms with van der Waals surface area (Å²) in [5.74, 6) is 0.746. The van der Waals surface area contributed by atoms with Crippen LogP contribution in [0.25, 0.3) is 0 Å². The quantitative estimate of drug-likeness (QED) is 0.753. The van der Waals surface area contributed by atoms with Crippen LogP contribution in [0.3, 0.4) is 0 Å². The average Bonchev–Trinajstić information content (AvgIpc) is 2.86. The van der Waals surface area contributed by atoms with Crippen molar-refractivity contribution >= 4 is 5.97 Å². The van der Waals surface area contributed by atoms with E-state index >= 15 is 0 Å². The van der Waals surface area contributed by atoms with Gasteiger partial charge >= 0.3 is 5.97 Å². The van der Waals surface area contributed by atoms with Crippen LogP contribution in [0, 0.1) is 5.92 Å². The molecule has 1 aliphatic carbocycles. The Kier molecular flexibility index (Phi) is 5.01. The Bertz CT molecular complexity index is 283. The largest absolute Gasteiger partial charge is 0.468 e. The zero-order valence-corrected chi connectivity index (χ0v) is 11.7. The van der Waals surface area contributed by atoms with Gasteiger partial charge in [0.05, 0.1) is 7.11 Å². The number of piperidine rings is 1. The van der Waals surface area contributed by atoms with Crippen LogP contribution >= 0.6 is 0 Å². The Labute approximate surface area is 110 Å². The number of esters is 1. The van der Waals surface area contributed by atoms with E-state index in [0.29, 0.717) is 6.04 Å². The van der Waals surface area contributed by atoms with Gasteiger partial charge in [0, 0.05) is 12.6 Å². The van der Waals surface area contributed by atoms with E-state index in [1.807, 2.05) is 6.92 Å². The van der Waals surface area contributed by atoms with Crippen molar-refractivity contribution < 1.29 is 9.53 Å². The van der Waals surface area contributed by atoms with E-state index in [0.717, 1.165) is 25.6 Å². The van der Waals surface area contributed by atoms with E-state index in [4.69, 9.17) is 4.74 Å². The molecule has 0 amide bonds. The molecule has 4 heteroatoms. The number of nitrogens with one attached hydrogen (secondary N) is 1. The van der Waals surface area contributed by atoms with Crippen molar-refractivity contribution in [2.45, 2.75) is 51.1 Å². The summed E-state index contributed by atoms with van der Waals surface area (Å²) >= 11 is 0. The predicted octanol–water partition coefficient (Wildman–Crippen LogP) is 1.40. The number of rotatable bonds is 5. The molecule has 2 aliphatic rings. The third kappa shape index (κ3) is 3.04. The number of likely N-dealkylation sites (tertiary alicyclic amines) is 1. The summed E-state index contributed by atoms with van der Waals surface area (Å²) in [6.07, 6.45) is 6.71. The van der Waals surface area contributed by atoms with Crippen LogP contribution in [0.2, 0.25) is 0 Å². The fourth-order valence-electron chi connectivity index (χ4n) is 3.63. The zero-order valence-electron chi connectivity index (χ0n) is 11.7. The van der Waals surface area contributed by atoms with Crippen molar-refractivity contribution in [3.8, 4) is 0 Å². The molecule has 0 aromatic carbocycles. The molecule has 2 fully saturated rings. The number of hydrogen-bond acceptors (Lipinski definition) is 4. The highest BCUT2D eigenvalue weighted by Crippen LogP contribution is 2.36. The number of hydrogen-bond donors (Lipinski definition) is 1. The summed E-state index contributed by atoms with van der Waals surface area (Å²) in [4.78, 5) is 14.3. The van der Waals surface area contributed by atoms with E-state index in [1.54, 1.807) is 0 Å². The first-order valence-corrected chi connectivity index (χ1v) is 7.31. The van der Waals surface area contributed by atoms with Gasteiger partial charge in [-0.2, -0.15) is 0 Å². The molecule has 1 aliphatic heterocycles. The molecular formula is C14H26N2O2. The highest BCUT2D eigenvalue weighted by molar-refractivity contribution is 5.75. The Balaban J connectivity index is 1.94. The normalized spacial score (nSPS) is 29.9. The number of nitrogens with zero attached hydrogens (tertiary/aromatic N) is 1. The van der Waals surface area contributed by atoms with Crippen LogP contribution in [0.4, 0.5) is 0 Å². The van der Waals surface area contributed by atoms with Gasteiger partial charge in [0.1, 0.15) is 6.04 Å². The van der Waals surface area contributed by atoms with Gasteiger partial charge in [-0.25, -0.2) is 0 Å². The van der Waals surface area contributed by atoms with E-state index in [9.17, 15) is 4.79 Å². The van der Waals surface area contributed by atoms with Crippen LogP contribution in [0.1, 0.15) is 39.0 Å². The Morgan fingerprint density at radius 2 is 2.17 bits per heavy atom. The fraction of sp³-hybridized carbons (Fsp3) is 0.929. The molecule has 0 aromatic rings. The van der Waals surface area contributed by atoms with E-state index in [1.165, 1.54) is 39.2 Å². The molecule has 18 heavy (non-hydrogen) atoms. The van der Waals surface area contributed by atoms with Crippen molar-refractivity contribution in [3.05, 3.63) is 0 Å². The topological polar surface area (TPSA) is 41.6 Å². The van der Waals surface area contributed by atoms with Crippen LogP contribution < -0.4 is 5.32 Å². The SMILES string of the molecule is CCNC(CN1CCCC2CCCC21)C(=O)OC. The standard InChI is InChI=1S/C14H26N2O2/c1-3-15-12(14(17)18-2)10-16-9-5-7-11-6-4-8-13(11)16/h11-13,15H,3-10H2,1-2H3. The minimum Gasteiger partial charge on any atom is -0.468 e. The van der Waals surface area contributed by atoms with Crippen LogP contribution in [-0.4, -0.2) is 49.7 Å². The molecule has 104 valence electrons. The molecule has 4 nitrogen and oxygen atoms in total. The fourth-order valence-corrected chi connectivity index (χ4v) is 3.63. The van der Waals surface area contributed by atoms with Gasteiger partial charge in [-0.15, -0.1) is 0 Å². The van der Waals surface area contributed by atoms with Crippen molar-refractivity contribution in [1.29, 1.82) is 0 Å². The molecule has 1 saturated heterocycles. The van der Waals surface area contributed by atoms with Gasteiger partial charge in [-0.3, -0.25) is 9.69 Å². The number of carbonyl (C=O) groups is 1. The Hall–Kier alpha value is -0.610. The van der Waals surface area contributed by atoms with Gasteiger partial charge in [0.15, 0.2) is 0 Å². The monoisotopic (exact) mass is 254 g/mol. The minimum absolute atomic E-state index is 0.128. The number of methoxy groups -OCH3 is 1. The molecule has 3 unspecified atom stereocenters.